The molecule has 2 aromatic rings. The summed E-state index contributed by atoms with van der Waals surface area (Å²) in [5, 5.41) is 3.77. The van der Waals surface area contributed by atoms with Crippen LogP contribution in [-0.4, -0.2) is 31.2 Å². The molecule has 0 bridgehead atoms. The van der Waals surface area contributed by atoms with Crippen LogP contribution in [0.2, 0.25) is 0 Å². The van der Waals surface area contributed by atoms with Crippen molar-refractivity contribution in [3.63, 3.8) is 0 Å². The molecule has 2 aliphatic rings. The van der Waals surface area contributed by atoms with Gasteiger partial charge in [-0.2, -0.15) is 0 Å². The SMILES string of the molecule is CCCC[C@H]1COB(N2CCCC2(c2ccccc2)c2ccccc2)N1. The fraction of sp³-hybridized carbons (Fsp3) is 0.455. The highest BCUT2D eigenvalue weighted by Gasteiger charge is 2.51. The molecule has 26 heavy (non-hydrogen) atoms. The van der Waals surface area contributed by atoms with Gasteiger partial charge in [-0.1, -0.05) is 80.4 Å². The van der Waals surface area contributed by atoms with E-state index in [0.717, 1.165) is 19.6 Å². The smallest absolute Gasteiger partial charge is 0.406 e. The lowest BCUT2D eigenvalue weighted by molar-refractivity contribution is 0.230. The van der Waals surface area contributed by atoms with E-state index in [9.17, 15) is 0 Å². The first kappa shape index (κ1) is 17.8. The average molecular weight is 348 g/mol. The van der Waals surface area contributed by atoms with E-state index in [1.807, 2.05) is 0 Å². The Balaban J connectivity index is 1.67. The Morgan fingerprint density at radius 3 is 2.35 bits per heavy atom. The summed E-state index contributed by atoms with van der Waals surface area (Å²) in [4.78, 5) is 2.56. The van der Waals surface area contributed by atoms with Gasteiger partial charge in [-0.25, -0.2) is 0 Å². The van der Waals surface area contributed by atoms with E-state index in [-0.39, 0.29) is 12.7 Å². The van der Waals surface area contributed by atoms with E-state index in [0.29, 0.717) is 6.04 Å². The van der Waals surface area contributed by atoms with E-state index in [4.69, 9.17) is 4.65 Å². The first-order valence-corrected chi connectivity index (χ1v) is 10.1. The number of hydrogen-bond donors (Lipinski definition) is 1. The quantitative estimate of drug-likeness (QED) is 0.793. The zero-order chi connectivity index (χ0) is 17.8. The van der Waals surface area contributed by atoms with Crippen molar-refractivity contribution in [3.05, 3.63) is 71.8 Å². The number of unbranched alkanes of at least 4 members (excludes halogenated alkanes) is 1. The lowest BCUT2D eigenvalue weighted by Gasteiger charge is -2.41. The van der Waals surface area contributed by atoms with Crippen LogP contribution < -0.4 is 5.23 Å². The molecular formula is C22H29BN2O. The molecule has 2 aliphatic heterocycles. The summed E-state index contributed by atoms with van der Waals surface area (Å²) >= 11 is 0. The van der Waals surface area contributed by atoms with Gasteiger partial charge in [0.25, 0.3) is 0 Å². The Morgan fingerprint density at radius 2 is 1.73 bits per heavy atom. The summed E-state index contributed by atoms with van der Waals surface area (Å²) in [6.07, 6.45) is 6.01. The maximum absolute atomic E-state index is 6.26. The normalized spacial score (nSPS) is 22.8. The van der Waals surface area contributed by atoms with Crippen LogP contribution in [0, 0.1) is 0 Å². The molecule has 0 aliphatic carbocycles. The van der Waals surface area contributed by atoms with Crippen molar-refractivity contribution in [1.82, 2.24) is 10.0 Å². The van der Waals surface area contributed by atoms with Crippen molar-refractivity contribution >= 4 is 7.19 Å². The Labute approximate surface area is 157 Å². The van der Waals surface area contributed by atoms with Crippen LogP contribution in [0.1, 0.15) is 50.2 Å². The third-order valence-electron chi connectivity index (χ3n) is 5.95. The van der Waals surface area contributed by atoms with Crippen LogP contribution in [0.3, 0.4) is 0 Å². The van der Waals surface area contributed by atoms with E-state index in [2.05, 4.69) is 77.6 Å². The van der Waals surface area contributed by atoms with Crippen molar-refractivity contribution in [2.45, 2.75) is 50.6 Å². The average Bonchev–Trinajstić information content (AvgIpc) is 3.35. The molecule has 0 unspecified atom stereocenters. The van der Waals surface area contributed by atoms with Gasteiger partial charge in [0, 0.05) is 12.6 Å². The topological polar surface area (TPSA) is 24.5 Å². The van der Waals surface area contributed by atoms with Crippen LogP contribution >= 0.6 is 0 Å². The Hall–Kier alpha value is -1.62. The highest BCUT2D eigenvalue weighted by atomic mass is 16.5. The molecule has 4 heteroatoms. The number of rotatable bonds is 6. The lowest BCUT2D eigenvalue weighted by atomic mass is 9.76. The summed E-state index contributed by atoms with van der Waals surface area (Å²) in [5.74, 6) is 0. The molecule has 2 saturated heterocycles. The molecule has 2 aromatic carbocycles. The van der Waals surface area contributed by atoms with Gasteiger partial charge in [0.1, 0.15) is 0 Å². The minimum atomic E-state index is -0.111. The predicted molar refractivity (Wildman–Crippen MR) is 108 cm³/mol. The molecular weight excluding hydrogens is 319 g/mol. The number of hydrogen-bond acceptors (Lipinski definition) is 3. The molecule has 1 atom stereocenters. The molecule has 136 valence electrons. The molecule has 3 nitrogen and oxygen atoms in total. The first-order chi connectivity index (χ1) is 12.8. The van der Waals surface area contributed by atoms with Crippen molar-refractivity contribution < 1.29 is 4.65 Å². The van der Waals surface area contributed by atoms with E-state index >= 15 is 0 Å². The second-order valence-electron chi connectivity index (χ2n) is 7.58. The molecule has 0 spiro atoms. The number of nitrogens with zero attached hydrogens (tertiary/aromatic N) is 1. The highest BCUT2D eigenvalue weighted by molar-refractivity contribution is 6.46. The van der Waals surface area contributed by atoms with Crippen molar-refractivity contribution in [3.8, 4) is 0 Å². The largest absolute Gasteiger partial charge is 0.477 e. The van der Waals surface area contributed by atoms with Crippen LogP contribution in [-0.2, 0) is 10.2 Å². The van der Waals surface area contributed by atoms with Gasteiger partial charge in [-0.05, 0) is 36.9 Å². The summed E-state index contributed by atoms with van der Waals surface area (Å²) in [7, 11) is -0.000214. The highest BCUT2D eigenvalue weighted by Crippen LogP contribution is 2.45. The Morgan fingerprint density at radius 1 is 1.08 bits per heavy atom. The van der Waals surface area contributed by atoms with Gasteiger partial charge in [0.15, 0.2) is 0 Å². The minimum Gasteiger partial charge on any atom is -0.406 e. The number of nitrogens with one attached hydrogen (secondary N) is 1. The first-order valence-electron chi connectivity index (χ1n) is 10.1. The summed E-state index contributed by atoms with van der Waals surface area (Å²) in [6.45, 7) is 4.13. The van der Waals surface area contributed by atoms with E-state index < -0.39 is 0 Å². The van der Waals surface area contributed by atoms with Gasteiger partial charge in [0.2, 0.25) is 0 Å². The zero-order valence-electron chi connectivity index (χ0n) is 15.7. The predicted octanol–water partition coefficient (Wildman–Crippen LogP) is 4.19. The molecule has 1 N–H and O–H groups in total. The van der Waals surface area contributed by atoms with Crippen molar-refractivity contribution in [1.29, 1.82) is 0 Å². The third kappa shape index (κ3) is 3.22. The Kier molecular flexibility index (Phi) is 5.44. The minimum absolute atomic E-state index is 0.000214. The summed E-state index contributed by atoms with van der Waals surface area (Å²) in [6, 6.07) is 22.4. The molecule has 0 saturated carbocycles. The standard InChI is InChI=1S/C22H29BN2O/c1-2-3-15-21-18-26-23(24-21)25-17-10-16-22(25,19-11-6-4-7-12-19)20-13-8-5-9-14-20/h4-9,11-14,21,24H,2-3,10,15-18H2,1H3/t21-/m0/s1. The molecule has 4 rings (SSSR count). The Bertz CT molecular complexity index is 654. The van der Waals surface area contributed by atoms with Gasteiger partial charge in [-0.3, -0.25) is 4.81 Å². The van der Waals surface area contributed by atoms with Crippen LogP contribution in [0.15, 0.2) is 60.7 Å². The van der Waals surface area contributed by atoms with Crippen molar-refractivity contribution in [2.24, 2.45) is 0 Å². The van der Waals surface area contributed by atoms with Gasteiger partial charge < -0.3 is 9.88 Å². The van der Waals surface area contributed by atoms with Crippen molar-refractivity contribution in [2.75, 3.05) is 13.2 Å². The fourth-order valence-corrected chi connectivity index (χ4v) is 4.67. The zero-order valence-corrected chi connectivity index (χ0v) is 15.7. The monoisotopic (exact) mass is 348 g/mol. The van der Waals surface area contributed by atoms with Gasteiger partial charge >= 0.3 is 7.19 Å². The second kappa shape index (κ2) is 7.95. The summed E-state index contributed by atoms with van der Waals surface area (Å²) in [5.41, 5.74) is 2.62. The van der Waals surface area contributed by atoms with Crippen LogP contribution in [0.5, 0.6) is 0 Å². The third-order valence-corrected chi connectivity index (χ3v) is 5.95. The molecule has 0 aromatic heterocycles. The maximum Gasteiger partial charge on any atom is 0.477 e. The van der Waals surface area contributed by atoms with E-state index in [1.54, 1.807) is 0 Å². The van der Waals surface area contributed by atoms with Gasteiger partial charge in [0.05, 0.1) is 5.54 Å². The van der Waals surface area contributed by atoms with Crippen LogP contribution in [0.4, 0.5) is 0 Å². The molecule has 2 fully saturated rings. The fourth-order valence-electron chi connectivity index (χ4n) is 4.67. The molecule has 0 radical (unpaired) electrons. The number of benzene rings is 2. The van der Waals surface area contributed by atoms with Gasteiger partial charge in [-0.15, -0.1) is 0 Å². The van der Waals surface area contributed by atoms with Crippen LogP contribution in [0.25, 0.3) is 0 Å². The molecule has 2 heterocycles. The molecule has 0 amide bonds. The maximum atomic E-state index is 6.26. The second-order valence-corrected chi connectivity index (χ2v) is 7.58. The van der Waals surface area contributed by atoms with E-state index in [1.165, 1.54) is 36.8 Å². The summed E-state index contributed by atoms with van der Waals surface area (Å²) < 4.78 is 6.26. The lowest BCUT2D eigenvalue weighted by Crippen LogP contribution is -2.57.